The standard InChI is InChI=1S/C17H25N3O3/c1-14-12-19(6-11-23-14)13-17(21)18-15-2-4-16(5-3-15)20-7-9-22-10-8-20/h2-5,14H,6-13H2,1H3,(H,18,21)/t14-/m1/s1. The van der Waals surface area contributed by atoms with E-state index >= 15 is 0 Å². The molecule has 0 aliphatic carbocycles. The summed E-state index contributed by atoms with van der Waals surface area (Å²) in [6.07, 6.45) is 0.198. The predicted molar refractivity (Wildman–Crippen MR) is 90.0 cm³/mol. The minimum absolute atomic E-state index is 0.0261. The first-order chi connectivity index (χ1) is 11.2. The number of hydrogen-bond acceptors (Lipinski definition) is 5. The van der Waals surface area contributed by atoms with E-state index in [1.807, 2.05) is 19.1 Å². The molecule has 0 unspecified atom stereocenters. The van der Waals surface area contributed by atoms with Gasteiger partial charge < -0.3 is 19.7 Å². The Kier molecular flexibility index (Phi) is 5.48. The quantitative estimate of drug-likeness (QED) is 0.903. The van der Waals surface area contributed by atoms with E-state index in [1.165, 1.54) is 5.69 Å². The number of amides is 1. The molecule has 1 N–H and O–H groups in total. The lowest BCUT2D eigenvalue weighted by Gasteiger charge is -2.30. The molecule has 1 amide bonds. The van der Waals surface area contributed by atoms with Crippen LogP contribution in [-0.2, 0) is 14.3 Å². The van der Waals surface area contributed by atoms with E-state index < -0.39 is 0 Å². The van der Waals surface area contributed by atoms with Crippen LogP contribution in [0.15, 0.2) is 24.3 Å². The molecular weight excluding hydrogens is 294 g/mol. The minimum Gasteiger partial charge on any atom is -0.378 e. The van der Waals surface area contributed by atoms with Gasteiger partial charge >= 0.3 is 0 Å². The summed E-state index contributed by atoms with van der Waals surface area (Å²) in [5.41, 5.74) is 2.02. The van der Waals surface area contributed by atoms with Gasteiger partial charge in [0.25, 0.3) is 0 Å². The smallest absolute Gasteiger partial charge is 0.238 e. The Morgan fingerprint density at radius 3 is 2.61 bits per heavy atom. The van der Waals surface area contributed by atoms with Crippen molar-refractivity contribution in [3.63, 3.8) is 0 Å². The third kappa shape index (κ3) is 4.67. The molecule has 2 heterocycles. The second-order valence-electron chi connectivity index (χ2n) is 6.11. The van der Waals surface area contributed by atoms with Crippen LogP contribution < -0.4 is 10.2 Å². The maximum atomic E-state index is 12.2. The Morgan fingerprint density at radius 2 is 1.91 bits per heavy atom. The van der Waals surface area contributed by atoms with Crippen molar-refractivity contribution in [3.05, 3.63) is 24.3 Å². The second kappa shape index (κ2) is 7.77. The molecule has 23 heavy (non-hydrogen) atoms. The molecule has 1 aromatic carbocycles. The maximum Gasteiger partial charge on any atom is 0.238 e. The largest absolute Gasteiger partial charge is 0.378 e. The average Bonchev–Trinajstić information content (AvgIpc) is 2.56. The molecule has 2 aliphatic heterocycles. The van der Waals surface area contributed by atoms with Gasteiger partial charge in [0.15, 0.2) is 0 Å². The first-order valence-corrected chi connectivity index (χ1v) is 8.27. The van der Waals surface area contributed by atoms with Crippen LogP contribution in [-0.4, -0.2) is 69.5 Å². The fourth-order valence-electron chi connectivity index (χ4n) is 3.01. The molecule has 0 aromatic heterocycles. The number of carbonyl (C=O) groups is 1. The number of nitrogens with zero attached hydrogens (tertiary/aromatic N) is 2. The van der Waals surface area contributed by atoms with Gasteiger partial charge in [0.05, 0.1) is 32.5 Å². The number of rotatable bonds is 4. The zero-order valence-corrected chi connectivity index (χ0v) is 13.7. The fourth-order valence-corrected chi connectivity index (χ4v) is 3.01. The van der Waals surface area contributed by atoms with Crippen LogP contribution in [0.1, 0.15) is 6.92 Å². The summed E-state index contributed by atoms with van der Waals surface area (Å²) >= 11 is 0. The van der Waals surface area contributed by atoms with Gasteiger partial charge in [-0.1, -0.05) is 0 Å². The van der Waals surface area contributed by atoms with E-state index in [0.29, 0.717) is 13.2 Å². The molecule has 2 saturated heterocycles. The molecule has 6 nitrogen and oxygen atoms in total. The van der Waals surface area contributed by atoms with E-state index in [1.54, 1.807) is 0 Å². The molecule has 0 saturated carbocycles. The van der Waals surface area contributed by atoms with Crippen LogP contribution >= 0.6 is 0 Å². The highest BCUT2D eigenvalue weighted by Gasteiger charge is 2.19. The second-order valence-corrected chi connectivity index (χ2v) is 6.11. The van der Waals surface area contributed by atoms with Gasteiger partial charge in [0.2, 0.25) is 5.91 Å². The van der Waals surface area contributed by atoms with E-state index in [-0.39, 0.29) is 12.0 Å². The summed E-state index contributed by atoms with van der Waals surface area (Å²) in [7, 11) is 0. The maximum absolute atomic E-state index is 12.2. The Hall–Kier alpha value is -1.63. The number of anilines is 2. The zero-order chi connectivity index (χ0) is 16.1. The lowest BCUT2D eigenvalue weighted by atomic mass is 10.2. The lowest BCUT2D eigenvalue weighted by Crippen LogP contribution is -2.44. The SMILES string of the molecule is C[C@@H]1CN(CC(=O)Nc2ccc(N3CCOCC3)cc2)CCO1. The number of carbonyl (C=O) groups excluding carboxylic acids is 1. The molecule has 2 aliphatic rings. The van der Waals surface area contributed by atoms with Gasteiger partial charge in [-0.05, 0) is 31.2 Å². The molecule has 3 rings (SSSR count). The Bertz CT molecular complexity index is 514. The molecule has 6 heteroatoms. The van der Waals surface area contributed by atoms with Crippen molar-refractivity contribution in [2.75, 3.05) is 62.8 Å². The van der Waals surface area contributed by atoms with Crippen molar-refractivity contribution in [3.8, 4) is 0 Å². The summed E-state index contributed by atoms with van der Waals surface area (Å²) in [4.78, 5) is 16.6. The van der Waals surface area contributed by atoms with E-state index in [4.69, 9.17) is 9.47 Å². The van der Waals surface area contributed by atoms with E-state index in [2.05, 4.69) is 27.2 Å². The van der Waals surface area contributed by atoms with Crippen molar-refractivity contribution in [1.82, 2.24) is 4.90 Å². The van der Waals surface area contributed by atoms with Gasteiger partial charge in [0.1, 0.15) is 0 Å². The summed E-state index contributed by atoms with van der Waals surface area (Å²) in [5.74, 6) is 0.0261. The normalized spacial score (nSPS) is 22.8. The summed E-state index contributed by atoms with van der Waals surface area (Å²) in [6.45, 7) is 8.15. The third-order valence-electron chi connectivity index (χ3n) is 4.22. The number of nitrogens with one attached hydrogen (secondary N) is 1. The first-order valence-electron chi connectivity index (χ1n) is 8.27. The molecule has 1 atom stereocenters. The molecule has 0 spiro atoms. The van der Waals surface area contributed by atoms with Crippen LogP contribution in [0.4, 0.5) is 11.4 Å². The fraction of sp³-hybridized carbons (Fsp3) is 0.588. The molecule has 0 radical (unpaired) electrons. The zero-order valence-electron chi connectivity index (χ0n) is 13.7. The minimum atomic E-state index is 0.0261. The molecule has 1 aromatic rings. The van der Waals surface area contributed by atoms with Crippen molar-refractivity contribution in [2.45, 2.75) is 13.0 Å². The van der Waals surface area contributed by atoms with E-state index in [0.717, 1.165) is 45.1 Å². The number of benzene rings is 1. The first kappa shape index (κ1) is 16.2. The Morgan fingerprint density at radius 1 is 1.17 bits per heavy atom. The average molecular weight is 319 g/mol. The predicted octanol–water partition coefficient (Wildman–Crippen LogP) is 1.18. The molecule has 2 fully saturated rings. The summed E-state index contributed by atoms with van der Waals surface area (Å²) in [6, 6.07) is 8.03. The third-order valence-corrected chi connectivity index (χ3v) is 4.22. The summed E-state index contributed by atoms with van der Waals surface area (Å²) < 4.78 is 10.9. The highest BCUT2D eigenvalue weighted by atomic mass is 16.5. The van der Waals surface area contributed by atoms with E-state index in [9.17, 15) is 4.79 Å². The monoisotopic (exact) mass is 319 g/mol. The Labute approximate surface area is 137 Å². The van der Waals surface area contributed by atoms with Crippen LogP contribution in [0, 0.1) is 0 Å². The topological polar surface area (TPSA) is 54.0 Å². The van der Waals surface area contributed by atoms with Gasteiger partial charge in [-0.15, -0.1) is 0 Å². The lowest BCUT2D eigenvalue weighted by molar-refractivity contribution is -0.119. The van der Waals surface area contributed by atoms with Crippen LogP contribution in [0.25, 0.3) is 0 Å². The van der Waals surface area contributed by atoms with Gasteiger partial charge in [-0.25, -0.2) is 0 Å². The van der Waals surface area contributed by atoms with Crippen LogP contribution in [0.3, 0.4) is 0 Å². The van der Waals surface area contributed by atoms with Crippen molar-refractivity contribution in [2.24, 2.45) is 0 Å². The van der Waals surface area contributed by atoms with Gasteiger partial charge in [-0.3, -0.25) is 9.69 Å². The van der Waals surface area contributed by atoms with Crippen molar-refractivity contribution >= 4 is 17.3 Å². The molecular formula is C17H25N3O3. The highest BCUT2D eigenvalue weighted by Crippen LogP contribution is 2.19. The summed E-state index contributed by atoms with van der Waals surface area (Å²) in [5, 5.41) is 2.97. The number of morpholine rings is 2. The van der Waals surface area contributed by atoms with Crippen molar-refractivity contribution < 1.29 is 14.3 Å². The van der Waals surface area contributed by atoms with Gasteiger partial charge in [0, 0.05) is 37.6 Å². The van der Waals surface area contributed by atoms with Gasteiger partial charge in [-0.2, -0.15) is 0 Å². The highest BCUT2D eigenvalue weighted by molar-refractivity contribution is 5.92. The molecule has 126 valence electrons. The van der Waals surface area contributed by atoms with Crippen molar-refractivity contribution in [1.29, 1.82) is 0 Å². The van der Waals surface area contributed by atoms with Crippen LogP contribution in [0.5, 0.6) is 0 Å². The van der Waals surface area contributed by atoms with Crippen LogP contribution in [0.2, 0.25) is 0 Å². The molecule has 0 bridgehead atoms. The number of ether oxygens (including phenoxy) is 2. The number of hydrogen-bond donors (Lipinski definition) is 1. The Balaban J connectivity index is 1.50.